The van der Waals surface area contributed by atoms with Crippen LogP contribution < -0.4 is 4.90 Å². The minimum Gasteiger partial charge on any atom is -0.465 e. The Bertz CT molecular complexity index is 723. The largest absolute Gasteiger partial charge is 0.465 e. The molecule has 0 heterocycles. The monoisotopic (exact) mass is 348 g/mol. The molecule has 0 unspecified atom stereocenters. The molecule has 126 valence electrons. The van der Waals surface area contributed by atoms with Crippen LogP contribution in [0.5, 0.6) is 0 Å². The van der Waals surface area contributed by atoms with Crippen LogP contribution in [0.25, 0.3) is 0 Å². The molecule has 0 saturated carbocycles. The SMILES string of the molecule is CN(Cc1ccccc1)c1ccc(Cl)cc1CN(C(=O)O)C(=O)O. The Morgan fingerprint density at radius 1 is 1.00 bits per heavy atom. The minimum absolute atomic E-state index is 0.292. The predicted octanol–water partition coefficient (Wildman–Crippen LogP) is 4.13. The smallest absolute Gasteiger partial charge is 0.417 e. The molecular weight excluding hydrogens is 332 g/mol. The first-order chi connectivity index (χ1) is 11.4. The number of amides is 2. The van der Waals surface area contributed by atoms with Gasteiger partial charge in [-0.15, -0.1) is 0 Å². The topological polar surface area (TPSA) is 81.1 Å². The van der Waals surface area contributed by atoms with Crippen molar-refractivity contribution in [1.82, 2.24) is 4.90 Å². The molecule has 7 heteroatoms. The Hall–Kier alpha value is -2.73. The van der Waals surface area contributed by atoms with Gasteiger partial charge in [-0.25, -0.2) is 14.5 Å². The van der Waals surface area contributed by atoms with Crippen LogP contribution in [0.3, 0.4) is 0 Å². The van der Waals surface area contributed by atoms with Gasteiger partial charge in [0.15, 0.2) is 0 Å². The summed E-state index contributed by atoms with van der Waals surface area (Å²) >= 11 is 5.99. The van der Waals surface area contributed by atoms with Crippen LogP contribution in [-0.4, -0.2) is 34.3 Å². The summed E-state index contributed by atoms with van der Waals surface area (Å²) in [6.07, 6.45) is -3.06. The number of carboxylic acid groups (broad SMARTS) is 2. The Morgan fingerprint density at radius 3 is 2.21 bits per heavy atom. The Kier molecular flexibility index (Phi) is 5.65. The molecule has 0 radical (unpaired) electrons. The number of nitrogens with zero attached hydrogens (tertiary/aromatic N) is 2. The van der Waals surface area contributed by atoms with Crippen LogP contribution in [0.1, 0.15) is 11.1 Å². The standard InChI is InChI=1S/C17H17ClN2O4/c1-19(10-12-5-3-2-4-6-12)15-8-7-14(18)9-13(15)11-20(16(21)22)17(23)24/h2-9H,10-11H2,1H3,(H,21,22)(H,23,24). The zero-order chi connectivity index (χ0) is 17.7. The molecule has 0 aromatic heterocycles. The van der Waals surface area contributed by atoms with Crippen molar-refractivity contribution in [3.8, 4) is 0 Å². The third-order valence-corrected chi connectivity index (χ3v) is 3.74. The van der Waals surface area contributed by atoms with Gasteiger partial charge in [0.05, 0.1) is 6.54 Å². The van der Waals surface area contributed by atoms with Gasteiger partial charge in [0, 0.05) is 24.3 Å². The summed E-state index contributed by atoms with van der Waals surface area (Å²) in [7, 11) is 1.85. The summed E-state index contributed by atoms with van der Waals surface area (Å²) in [5.74, 6) is 0. The van der Waals surface area contributed by atoms with Crippen molar-refractivity contribution in [1.29, 1.82) is 0 Å². The Labute approximate surface area is 144 Å². The molecule has 0 spiro atoms. The van der Waals surface area contributed by atoms with Crippen molar-refractivity contribution in [3.05, 3.63) is 64.7 Å². The highest BCUT2D eigenvalue weighted by molar-refractivity contribution is 6.30. The molecule has 2 amide bonds. The molecule has 24 heavy (non-hydrogen) atoms. The highest BCUT2D eigenvalue weighted by Crippen LogP contribution is 2.26. The summed E-state index contributed by atoms with van der Waals surface area (Å²) < 4.78 is 0. The van der Waals surface area contributed by atoms with E-state index >= 15 is 0 Å². The van der Waals surface area contributed by atoms with E-state index < -0.39 is 12.2 Å². The lowest BCUT2D eigenvalue weighted by Gasteiger charge is -2.24. The van der Waals surface area contributed by atoms with Crippen molar-refractivity contribution < 1.29 is 19.8 Å². The molecule has 2 rings (SSSR count). The van der Waals surface area contributed by atoms with Crippen molar-refractivity contribution >= 4 is 29.5 Å². The lowest BCUT2D eigenvalue weighted by Crippen LogP contribution is -2.34. The van der Waals surface area contributed by atoms with E-state index in [1.165, 1.54) is 0 Å². The normalized spacial score (nSPS) is 10.2. The van der Waals surface area contributed by atoms with Crippen molar-refractivity contribution in [2.24, 2.45) is 0 Å². The number of halogens is 1. The van der Waals surface area contributed by atoms with Gasteiger partial charge < -0.3 is 15.1 Å². The first kappa shape index (κ1) is 17.6. The summed E-state index contributed by atoms with van der Waals surface area (Å²) in [6.45, 7) is 0.301. The summed E-state index contributed by atoms with van der Waals surface area (Å²) in [5, 5.41) is 18.5. The van der Waals surface area contributed by atoms with Crippen LogP contribution in [0.2, 0.25) is 5.02 Å². The van der Waals surface area contributed by atoms with Crippen molar-refractivity contribution in [3.63, 3.8) is 0 Å². The van der Waals surface area contributed by atoms with Gasteiger partial charge in [-0.05, 0) is 29.3 Å². The van der Waals surface area contributed by atoms with Crippen LogP contribution in [0, 0.1) is 0 Å². The van der Waals surface area contributed by atoms with Crippen LogP contribution in [0.4, 0.5) is 15.3 Å². The minimum atomic E-state index is -1.53. The fourth-order valence-electron chi connectivity index (χ4n) is 2.38. The molecule has 0 bridgehead atoms. The molecule has 0 aliphatic rings. The Morgan fingerprint density at radius 2 is 1.62 bits per heavy atom. The van der Waals surface area contributed by atoms with Crippen molar-refractivity contribution in [2.75, 3.05) is 11.9 Å². The van der Waals surface area contributed by atoms with Crippen molar-refractivity contribution in [2.45, 2.75) is 13.1 Å². The van der Waals surface area contributed by atoms with E-state index in [4.69, 9.17) is 21.8 Å². The van der Waals surface area contributed by atoms with E-state index in [-0.39, 0.29) is 6.54 Å². The zero-order valence-electron chi connectivity index (χ0n) is 13.0. The van der Waals surface area contributed by atoms with Gasteiger partial charge in [0.2, 0.25) is 0 Å². The number of benzene rings is 2. The number of hydrogen-bond donors (Lipinski definition) is 2. The summed E-state index contributed by atoms with van der Waals surface area (Å²) in [5.41, 5.74) is 2.32. The number of anilines is 1. The van der Waals surface area contributed by atoms with Gasteiger partial charge in [0.1, 0.15) is 0 Å². The number of carbonyl (C=O) groups is 2. The third-order valence-electron chi connectivity index (χ3n) is 3.51. The second-order valence-corrected chi connectivity index (χ2v) is 5.70. The van der Waals surface area contributed by atoms with Gasteiger partial charge in [0.25, 0.3) is 0 Å². The average molecular weight is 349 g/mol. The van der Waals surface area contributed by atoms with E-state index in [1.807, 2.05) is 42.3 Å². The van der Waals surface area contributed by atoms with E-state index in [9.17, 15) is 9.59 Å². The van der Waals surface area contributed by atoms with Crippen LogP contribution >= 0.6 is 11.6 Å². The highest BCUT2D eigenvalue weighted by atomic mass is 35.5. The highest BCUT2D eigenvalue weighted by Gasteiger charge is 2.22. The fourth-order valence-corrected chi connectivity index (χ4v) is 2.58. The Balaban J connectivity index is 2.29. The fraction of sp³-hybridized carbons (Fsp3) is 0.176. The molecule has 0 saturated heterocycles. The first-order valence-electron chi connectivity index (χ1n) is 7.15. The van der Waals surface area contributed by atoms with E-state index in [0.29, 0.717) is 22.0 Å². The van der Waals surface area contributed by atoms with Crippen LogP contribution in [-0.2, 0) is 13.1 Å². The molecule has 0 fully saturated rings. The molecule has 2 aromatic rings. The predicted molar refractivity (Wildman–Crippen MR) is 91.6 cm³/mol. The lowest BCUT2D eigenvalue weighted by molar-refractivity contribution is 0.120. The van der Waals surface area contributed by atoms with E-state index in [2.05, 4.69) is 0 Å². The number of rotatable bonds is 5. The van der Waals surface area contributed by atoms with Gasteiger partial charge in [-0.1, -0.05) is 41.9 Å². The maximum atomic E-state index is 11.1. The molecular formula is C17H17ClN2O4. The number of imide groups is 1. The average Bonchev–Trinajstić information content (AvgIpc) is 2.53. The lowest BCUT2D eigenvalue weighted by atomic mass is 10.1. The second kappa shape index (κ2) is 7.70. The summed E-state index contributed by atoms with van der Waals surface area (Å²) in [6, 6.07) is 14.8. The molecule has 6 nitrogen and oxygen atoms in total. The molecule has 0 aliphatic carbocycles. The quantitative estimate of drug-likeness (QED) is 0.848. The van der Waals surface area contributed by atoms with Crippen LogP contribution in [0.15, 0.2) is 48.5 Å². The van der Waals surface area contributed by atoms with Gasteiger partial charge >= 0.3 is 12.2 Å². The molecule has 2 aromatic carbocycles. The maximum absolute atomic E-state index is 11.1. The first-order valence-corrected chi connectivity index (χ1v) is 7.53. The zero-order valence-corrected chi connectivity index (χ0v) is 13.8. The van der Waals surface area contributed by atoms with E-state index in [1.54, 1.807) is 18.2 Å². The molecule has 2 N–H and O–H groups in total. The third kappa shape index (κ3) is 4.39. The van der Waals surface area contributed by atoms with Gasteiger partial charge in [-0.3, -0.25) is 0 Å². The van der Waals surface area contributed by atoms with Gasteiger partial charge in [-0.2, -0.15) is 0 Å². The molecule has 0 aliphatic heterocycles. The second-order valence-electron chi connectivity index (χ2n) is 5.27. The summed E-state index contributed by atoms with van der Waals surface area (Å²) in [4.78, 5) is 24.4. The maximum Gasteiger partial charge on any atom is 0.417 e. The van der Waals surface area contributed by atoms with E-state index in [0.717, 1.165) is 11.3 Å². The molecule has 0 atom stereocenters. The number of hydrogen-bond acceptors (Lipinski definition) is 3.